The molecule has 1 atom stereocenters. The van der Waals surface area contributed by atoms with Crippen LogP contribution in [0.1, 0.15) is 45.6 Å². The summed E-state index contributed by atoms with van der Waals surface area (Å²) in [5.41, 5.74) is 0.658. The summed E-state index contributed by atoms with van der Waals surface area (Å²) in [6, 6.07) is 3.58. The van der Waals surface area contributed by atoms with Crippen LogP contribution in [0.25, 0.3) is 6.08 Å². The first-order valence-corrected chi connectivity index (χ1v) is 9.88. The SMILES string of the molecule is COc1cc(/C=C/C(=O)OCC(=O)N2CCCC[C@H]2C)cc(Cl)c1OC(C)C. The van der Waals surface area contributed by atoms with Gasteiger partial charge < -0.3 is 19.1 Å². The Kier molecular flexibility index (Phi) is 8.18. The molecule has 1 aliphatic rings. The molecule has 154 valence electrons. The Balaban J connectivity index is 1.96. The van der Waals surface area contributed by atoms with Crippen molar-refractivity contribution in [2.45, 2.75) is 52.2 Å². The molecule has 28 heavy (non-hydrogen) atoms. The molecule has 0 N–H and O–H groups in total. The molecule has 7 heteroatoms. The lowest BCUT2D eigenvalue weighted by molar-refractivity contribution is -0.149. The van der Waals surface area contributed by atoms with E-state index < -0.39 is 5.97 Å². The molecule has 0 saturated carbocycles. The number of esters is 1. The first-order valence-electron chi connectivity index (χ1n) is 9.50. The van der Waals surface area contributed by atoms with Crippen LogP contribution in [0.5, 0.6) is 11.5 Å². The Morgan fingerprint density at radius 2 is 2.07 bits per heavy atom. The van der Waals surface area contributed by atoms with Gasteiger partial charge >= 0.3 is 5.97 Å². The minimum atomic E-state index is -0.587. The van der Waals surface area contributed by atoms with E-state index >= 15 is 0 Å². The van der Waals surface area contributed by atoms with Gasteiger partial charge in [0, 0.05) is 18.7 Å². The van der Waals surface area contributed by atoms with Gasteiger partial charge in [-0.25, -0.2) is 4.79 Å². The molecule has 1 aromatic carbocycles. The van der Waals surface area contributed by atoms with Gasteiger partial charge in [0.15, 0.2) is 18.1 Å². The number of benzene rings is 1. The number of methoxy groups -OCH3 is 1. The van der Waals surface area contributed by atoms with Crippen LogP contribution < -0.4 is 9.47 Å². The Morgan fingerprint density at radius 1 is 1.32 bits per heavy atom. The van der Waals surface area contributed by atoms with Crippen LogP contribution in [0.2, 0.25) is 5.02 Å². The molecule has 1 heterocycles. The van der Waals surface area contributed by atoms with Crippen molar-refractivity contribution in [2.75, 3.05) is 20.3 Å². The summed E-state index contributed by atoms with van der Waals surface area (Å²) in [5.74, 6) is 0.188. The lowest BCUT2D eigenvalue weighted by Crippen LogP contribution is -2.44. The molecule has 1 fully saturated rings. The molecular formula is C21H28ClNO5. The third kappa shape index (κ3) is 6.16. The number of likely N-dealkylation sites (tertiary alicyclic amines) is 1. The van der Waals surface area contributed by atoms with E-state index in [1.807, 2.05) is 20.8 Å². The van der Waals surface area contributed by atoms with Gasteiger partial charge in [-0.05, 0) is 63.8 Å². The molecular weight excluding hydrogens is 382 g/mol. The summed E-state index contributed by atoms with van der Waals surface area (Å²) in [6.45, 7) is 6.27. The lowest BCUT2D eigenvalue weighted by Gasteiger charge is -2.33. The number of ether oxygens (including phenoxy) is 3. The van der Waals surface area contributed by atoms with Gasteiger partial charge in [0.05, 0.1) is 18.2 Å². The van der Waals surface area contributed by atoms with E-state index in [0.29, 0.717) is 22.1 Å². The Labute approximate surface area is 171 Å². The second-order valence-electron chi connectivity index (χ2n) is 7.07. The van der Waals surface area contributed by atoms with Gasteiger partial charge in [0.2, 0.25) is 0 Å². The van der Waals surface area contributed by atoms with E-state index in [9.17, 15) is 9.59 Å². The smallest absolute Gasteiger partial charge is 0.331 e. The van der Waals surface area contributed by atoms with Crippen LogP contribution in [0, 0.1) is 0 Å². The number of rotatable bonds is 7. The minimum absolute atomic E-state index is 0.0528. The monoisotopic (exact) mass is 409 g/mol. The Morgan fingerprint density at radius 3 is 2.71 bits per heavy atom. The number of amides is 1. The van der Waals surface area contributed by atoms with Gasteiger partial charge in [0.25, 0.3) is 5.91 Å². The maximum absolute atomic E-state index is 12.2. The molecule has 1 aromatic rings. The van der Waals surface area contributed by atoms with E-state index in [0.717, 1.165) is 25.8 Å². The van der Waals surface area contributed by atoms with E-state index in [-0.39, 0.29) is 24.7 Å². The zero-order chi connectivity index (χ0) is 20.7. The van der Waals surface area contributed by atoms with Crippen LogP contribution in [-0.2, 0) is 14.3 Å². The molecule has 0 spiro atoms. The standard InChI is InChI=1S/C21H28ClNO5/c1-14(2)28-21-17(22)11-16(12-18(21)26-4)8-9-20(25)27-13-19(24)23-10-6-5-7-15(23)3/h8-9,11-12,14-15H,5-7,10,13H2,1-4H3/b9-8+/t15-/m1/s1. The van der Waals surface area contributed by atoms with Gasteiger partial charge in [-0.1, -0.05) is 11.6 Å². The van der Waals surface area contributed by atoms with Crippen LogP contribution in [-0.4, -0.2) is 49.2 Å². The molecule has 0 bridgehead atoms. The number of carbonyl (C=O) groups is 2. The van der Waals surface area contributed by atoms with Crippen molar-refractivity contribution in [3.63, 3.8) is 0 Å². The highest BCUT2D eigenvalue weighted by molar-refractivity contribution is 6.32. The minimum Gasteiger partial charge on any atom is -0.493 e. The van der Waals surface area contributed by atoms with E-state index in [4.69, 9.17) is 25.8 Å². The third-order valence-corrected chi connectivity index (χ3v) is 4.76. The van der Waals surface area contributed by atoms with Crippen LogP contribution >= 0.6 is 11.6 Å². The fraction of sp³-hybridized carbons (Fsp3) is 0.524. The van der Waals surface area contributed by atoms with Crippen molar-refractivity contribution in [3.05, 3.63) is 28.8 Å². The molecule has 0 aliphatic carbocycles. The van der Waals surface area contributed by atoms with Crippen molar-refractivity contribution < 1.29 is 23.8 Å². The van der Waals surface area contributed by atoms with Crippen molar-refractivity contribution in [3.8, 4) is 11.5 Å². The first-order chi connectivity index (χ1) is 13.3. The second kappa shape index (κ2) is 10.4. The predicted octanol–water partition coefficient (Wildman–Crippen LogP) is 4.09. The maximum Gasteiger partial charge on any atom is 0.331 e. The summed E-state index contributed by atoms with van der Waals surface area (Å²) >= 11 is 6.27. The van der Waals surface area contributed by atoms with Gasteiger partial charge in [0.1, 0.15) is 0 Å². The summed E-state index contributed by atoms with van der Waals surface area (Å²) in [7, 11) is 1.52. The highest BCUT2D eigenvalue weighted by atomic mass is 35.5. The van der Waals surface area contributed by atoms with Crippen molar-refractivity contribution in [2.24, 2.45) is 0 Å². The van der Waals surface area contributed by atoms with Crippen LogP contribution in [0.15, 0.2) is 18.2 Å². The van der Waals surface area contributed by atoms with Gasteiger partial charge in [-0.2, -0.15) is 0 Å². The highest BCUT2D eigenvalue weighted by Gasteiger charge is 2.23. The molecule has 1 aliphatic heterocycles. The summed E-state index contributed by atoms with van der Waals surface area (Å²) in [4.78, 5) is 26.0. The molecule has 2 rings (SSSR count). The topological polar surface area (TPSA) is 65.1 Å². The fourth-order valence-corrected chi connectivity index (χ4v) is 3.35. The van der Waals surface area contributed by atoms with E-state index in [1.165, 1.54) is 13.2 Å². The highest BCUT2D eigenvalue weighted by Crippen LogP contribution is 2.37. The predicted molar refractivity (Wildman–Crippen MR) is 109 cm³/mol. The van der Waals surface area contributed by atoms with Gasteiger partial charge in [-0.15, -0.1) is 0 Å². The summed E-state index contributed by atoms with van der Waals surface area (Å²) in [6.07, 6.45) is 5.87. The summed E-state index contributed by atoms with van der Waals surface area (Å²) in [5, 5.41) is 0.385. The zero-order valence-corrected chi connectivity index (χ0v) is 17.6. The quantitative estimate of drug-likeness (QED) is 0.501. The number of nitrogens with zero attached hydrogens (tertiary/aromatic N) is 1. The zero-order valence-electron chi connectivity index (χ0n) is 16.9. The third-order valence-electron chi connectivity index (χ3n) is 4.48. The number of hydrogen-bond donors (Lipinski definition) is 0. The van der Waals surface area contributed by atoms with Crippen molar-refractivity contribution >= 4 is 29.6 Å². The Bertz CT molecular complexity index is 732. The van der Waals surface area contributed by atoms with Gasteiger partial charge in [-0.3, -0.25) is 4.79 Å². The maximum atomic E-state index is 12.2. The molecule has 1 amide bonds. The van der Waals surface area contributed by atoms with Crippen molar-refractivity contribution in [1.82, 2.24) is 4.90 Å². The first kappa shape index (κ1) is 22.1. The number of piperidine rings is 1. The normalized spacial score (nSPS) is 17.1. The molecule has 0 aromatic heterocycles. The average Bonchev–Trinajstić information content (AvgIpc) is 2.66. The largest absolute Gasteiger partial charge is 0.493 e. The number of halogens is 1. The number of hydrogen-bond acceptors (Lipinski definition) is 5. The fourth-order valence-electron chi connectivity index (χ4n) is 3.08. The average molecular weight is 410 g/mol. The van der Waals surface area contributed by atoms with Crippen molar-refractivity contribution in [1.29, 1.82) is 0 Å². The molecule has 0 unspecified atom stereocenters. The molecule has 1 saturated heterocycles. The summed E-state index contributed by atoms with van der Waals surface area (Å²) < 4.78 is 16.1. The van der Waals surface area contributed by atoms with E-state index in [1.54, 1.807) is 23.1 Å². The molecule has 6 nitrogen and oxygen atoms in total. The Hall–Kier alpha value is -2.21. The second-order valence-corrected chi connectivity index (χ2v) is 7.48. The molecule has 0 radical (unpaired) electrons. The van der Waals surface area contributed by atoms with E-state index in [2.05, 4.69) is 0 Å². The lowest BCUT2D eigenvalue weighted by atomic mass is 10.0. The van der Waals surface area contributed by atoms with Crippen LogP contribution in [0.4, 0.5) is 0 Å². The number of carbonyl (C=O) groups excluding carboxylic acids is 2. The van der Waals surface area contributed by atoms with Crippen LogP contribution in [0.3, 0.4) is 0 Å².